The Balaban J connectivity index is 1.75. The van der Waals surface area contributed by atoms with Crippen molar-refractivity contribution in [2.75, 3.05) is 13.1 Å². The highest BCUT2D eigenvalue weighted by molar-refractivity contribution is 5.75. The van der Waals surface area contributed by atoms with Crippen LogP contribution in [-0.2, 0) is 13.5 Å². The minimum absolute atomic E-state index is 0.194. The number of benzene rings is 1. The molecule has 0 unspecified atom stereocenters. The van der Waals surface area contributed by atoms with E-state index in [1.54, 1.807) is 12.1 Å². The molecule has 0 amide bonds. The number of nitrogens with one attached hydrogen (secondary N) is 1. The number of piperidine rings is 1. The molecule has 3 rings (SSSR count). The average molecular weight is 261 g/mol. The largest absolute Gasteiger partial charge is 0.331 e. The normalized spacial score (nSPS) is 17.2. The van der Waals surface area contributed by atoms with Crippen LogP contribution in [-0.4, -0.2) is 22.6 Å². The Morgan fingerprint density at radius 3 is 2.95 bits per heavy atom. The van der Waals surface area contributed by atoms with Gasteiger partial charge in [0.25, 0.3) is 0 Å². The van der Waals surface area contributed by atoms with Crippen LogP contribution < -0.4 is 5.32 Å². The van der Waals surface area contributed by atoms with Gasteiger partial charge < -0.3 is 9.88 Å². The summed E-state index contributed by atoms with van der Waals surface area (Å²) in [5, 5.41) is 3.39. The lowest BCUT2D eigenvalue weighted by atomic mass is 9.93. The second-order valence-electron chi connectivity index (χ2n) is 5.45. The van der Waals surface area contributed by atoms with Crippen LogP contribution >= 0.6 is 0 Å². The molecule has 2 heterocycles. The van der Waals surface area contributed by atoms with Crippen LogP contribution in [0.15, 0.2) is 18.2 Å². The van der Waals surface area contributed by atoms with Crippen LogP contribution in [0.1, 0.15) is 25.1 Å². The summed E-state index contributed by atoms with van der Waals surface area (Å²) in [6.45, 7) is 2.27. The Morgan fingerprint density at radius 2 is 2.16 bits per heavy atom. The maximum Gasteiger partial charge on any atom is 0.125 e. The number of nitrogens with zero attached hydrogens (tertiary/aromatic N) is 2. The van der Waals surface area contributed by atoms with E-state index in [0.717, 1.165) is 42.3 Å². The molecule has 0 atom stereocenters. The van der Waals surface area contributed by atoms with Gasteiger partial charge in [-0.15, -0.1) is 0 Å². The number of aryl methyl sites for hydroxylation is 2. The predicted molar refractivity (Wildman–Crippen MR) is 74.6 cm³/mol. The molecule has 0 aliphatic carbocycles. The second kappa shape index (κ2) is 5.29. The maximum absolute atomic E-state index is 13.3. The molecule has 1 fully saturated rings. The first kappa shape index (κ1) is 12.6. The summed E-state index contributed by atoms with van der Waals surface area (Å²) in [6.07, 6.45) is 4.69. The molecule has 1 aromatic carbocycles. The van der Waals surface area contributed by atoms with Gasteiger partial charge in [0.15, 0.2) is 0 Å². The van der Waals surface area contributed by atoms with Gasteiger partial charge in [-0.05, 0) is 56.5 Å². The van der Waals surface area contributed by atoms with Crippen LogP contribution in [0.3, 0.4) is 0 Å². The highest BCUT2D eigenvalue weighted by Gasteiger charge is 2.15. The van der Waals surface area contributed by atoms with Gasteiger partial charge >= 0.3 is 0 Å². The summed E-state index contributed by atoms with van der Waals surface area (Å²) in [5.41, 5.74) is 1.78. The number of imidazole rings is 1. The number of halogens is 1. The molecule has 2 aromatic rings. The van der Waals surface area contributed by atoms with E-state index in [0.29, 0.717) is 0 Å². The van der Waals surface area contributed by atoms with E-state index >= 15 is 0 Å². The van der Waals surface area contributed by atoms with Gasteiger partial charge in [0.1, 0.15) is 11.6 Å². The predicted octanol–water partition coefficient (Wildman–Crippen LogP) is 2.64. The third-order valence-corrected chi connectivity index (χ3v) is 4.17. The van der Waals surface area contributed by atoms with Gasteiger partial charge in [0.2, 0.25) is 0 Å². The number of hydrogen-bond acceptors (Lipinski definition) is 2. The zero-order valence-corrected chi connectivity index (χ0v) is 11.3. The Labute approximate surface area is 112 Å². The molecule has 0 spiro atoms. The summed E-state index contributed by atoms with van der Waals surface area (Å²) in [7, 11) is 1.98. The fraction of sp³-hybridized carbons (Fsp3) is 0.533. The molecule has 1 aliphatic rings. The number of aromatic nitrogens is 2. The fourth-order valence-corrected chi connectivity index (χ4v) is 2.94. The Hall–Kier alpha value is -1.42. The zero-order chi connectivity index (χ0) is 13.2. The van der Waals surface area contributed by atoms with Gasteiger partial charge in [0, 0.05) is 13.5 Å². The van der Waals surface area contributed by atoms with E-state index in [9.17, 15) is 4.39 Å². The van der Waals surface area contributed by atoms with Crippen molar-refractivity contribution in [3.63, 3.8) is 0 Å². The van der Waals surface area contributed by atoms with E-state index in [1.165, 1.54) is 25.3 Å². The van der Waals surface area contributed by atoms with Crippen LogP contribution in [0.5, 0.6) is 0 Å². The van der Waals surface area contributed by atoms with E-state index < -0.39 is 0 Å². The van der Waals surface area contributed by atoms with Crippen LogP contribution in [0.4, 0.5) is 4.39 Å². The zero-order valence-electron chi connectivity index (χ0n) is 11.3. The van der Waals surface area contributed by atoms with Gasteiger partial charge in [-0.3, -0.25) is 0 Å². The SMILES string of the molecule is Cn1c(CCC2CCNCC2)nc2ccc(F)cc21. The van der Waals surface area contributed by atoms with E-state index in [2.05, 4.69) is 10.3 Å². The standard InChI is InChI=1S/C15H20FN3/c1-19-14-10-12(16)3-4-13(14)18-15(19)5-2-11-6-8-17-9-7-11/h3-4,10-11,17H,2,5-9H2,1H3. The van der Waals surface area contributed by atoms with Crippen LogP contribution in [0.2, 0.25) is 0 Å². The van der Waals surface area contributed by atoms with Gasteiger partial charge in [0.05, 0.1) is 11.0 Å². The molecule has 3 nitrogen and oxygen atoms in total. The monoisotopic (exact) mass is 261 g/mol. The van der Waals surface area contributed by atoms with Crippen molar-refractivity contribution in [1.29, 1.82) is 0 Å². The van der Waals surface area contributed by atoms with Crippen molar-refractivity contribution in [3.05, 3.63) is 29.8 Å². The Bertz CT molecular complexity index is 570. The topological polar surface area (TPSA) is 29.9 Å². The van der Waals surface area contributed by atoms with Crippen molar-refractivity contribution in [1.82, 2.24) is 14.9 Å². The minimum atomic E-state index is -0.194. The molecule has 1 N–H and O–H groups in total. The average Bonchev–Trinajstić information content (AvgIpc) is 2.74. The maximum atomic E-state index is 13.3. The van der Waals surface area contributed by atoms with Gasteiger partial charge in [-0.25, -0.2) is 9.37 Å². The first-order valence-electron chi connectivity index (χ1n) is 7.05. The summed E-state index contributed by atoms with van der Waals surface area (Å²) >= 11 is 0. The molecular formula is C15H20FN3. The number of fused-ring (bicyclic) bond motifs is 1. The summed E-state index contributed by atoms with van der Waals surface area (Å²) < 4.78 is 15.3. The van der Waals surface area contributed by atoms with Crippen LogP contribution in [0, 0.1) is 11.7 Å². The highest BCUT2D eigenvalue weighted by atomic mass is 19.1. The molecule has 1 aliphatic heterocycles. The third-order valence-electron chi connectivity index (χ3n) is 4.17. The van der Waals surface area contributed by atoms with Gasteiger partial charge in [-0.1, -0.05) is 0 Å². The Kier molecular flexibility index (Phi) is 3.51. The number of hydrogen-bond donors (Lipinski definition) is 1. The third kappa shape index (κ3) is 2.63. The molecule has 1 saturated heterocycles. The quantitative estimate of drug-likeness (QED) is 0.920. The summed E-state index contributed by atoms with van der Waals surface area (Å²) in [5.74, 6) is 1.68. The fourth-order valence-electron chi connectivity index (χ4n) is 2.94. The first-order chi connectivity index (χ1) is 9.24. The molecule has 0 bridgehead atoms. The van der Waals surface area contributed by atoms with Crippen molar-refractivity contribution >= 4 is 11.0 Å². The number of rotatable bonds is 3. The molecule has 1 aromatic heterocycles. The van der Waals surface area contributed by atoms with E-state index in [1.807, 2.05) is 11.6 Å². The molecule has 0 saturated carbocycles. The van der Waals surface area contributed by atoms with Crippen molar-refractivity contribution < 1.29 is 4.39 Å². The molecule has 0 radical (unpaired) electrons. The molecule has 102 valence electrons. The van der Waals surface area contributed by atoms with Crippen molar-refractivity contribution in [3.8, 4) is 0 Å². The van der Waals surface area contributed by atoms with Crippen molar-refractivity contribution in [2.45, 2.75) is 25.7 Å². The minimum Gasteiger partial charge on any atom is -0.331 e. The Morgan fingerprint density at radius 1 is 1.37 bits per heavy atom. The highest BCUT2D eigenvalue weighted by Crippen LogP contribution is 2.21. The van der Waals surface area contributed by atoms with Crippen LogP contribution in [0.25, 0.3) is 11.0 Å². The second-order valence-corrected chi connectivity index (χ2v) is 5.45. The summed E-state index contributed by atoms with van der Waals surface area (Å²) in [6, 6.07) is 4.81. The van der Waals surface area contributed by atoms with E-state index in [-0.39, 0.29) is 5.82 Å². The lowest BCUT2D eigenvalue weighted by Crippen LogP contribution is -2.28. The lowest BCUT2D eigenvalue weighted by Gasteiger charge is -2.22. The van der Waals surface area contributed by atoms with Gasteiger partial charge in [-0.2, -0.15) is 0 Å². The summed E-state index contributed by atoms with van der Waals surface area (Å²) in [4.78, 5) is 4.62. The smallest absolute Gasteiger partial charge is 0.125 e. The molecule has 4 heteroatoms. The lowest BCUT2D eigenvalue weighted by molar-refractivity contribution is 0.351. The molecule has 19 heavy (non-hydrogen) atoms. The van der Waals surface area contributed by atoms with E-state index in [4.69, 9.17) is 0 Å². The first-order valence-corrected chi connectivity index (χ1v) is 7.05. The van der Waals surface area contributed by atoms with Crippen molar-refractivity contribution in [2.24, 2.45) is 13.0 Å². The molecular weight excluding hydrogens is 241 g/mol.